The van der Waals surface area contributed by atoms with Crippen LogP contribution in [-0.2, 0) is 16.4 Å². The van der Waals surface area contributed by atoms with E-state index in [1.165, 1.54) is 16.7 Å². The van der Waals surface area contributed by atoms with Gasteiger partial charge in [0.15, 0.2) is 0 Å². The number of halogens is 1. The van der Waals surface area contributed by atoms with Gasteiger partial charge < -0.3 is 0 Å². The third-order valence-electron chi connectivity index (χ3n) is 4.64. The first-order valence-corrected chi connectivity index (χ1v) is 10.2. The average molecular weight is 376 g/mol. The van der Waals surface area contributed by atoms with Gasteiger partial charge in [-0.05, 0) is 65.6 Å². The summed E-state index contributed by atoms with van der Waals surface area (Å²) in [5, 5.41) is 5.93. The van der Waals surface area contributed by atoms with E-state index in [0.717, 1.165) is 29.8 Å². The maximum atomic E-state index is 11.5. The van der Waals surface area contributed by atoms with Gasteiger partial charge in [-0.15, -0.1) is 0 Å². The maximum absolute atomic E-state index is 11.5. The molecule has 0 aliphatic heterocycles. The molecule has 2 N–H and O–H groups in total. The molecule has 0 atom stereocenters. The van der Waals surface area contributed by atoms with Gasteiger partial charge in [-0.25, -0.2) is 13.6 Å². The lowest BCUT2D eigenvalue weighted by molar-refractivity contribution is 0.395. The van der Waals surface area contributed by atoms with E-state index in [1.54, 1.807) is 12.1 Å². The van der Waals surface area contributed by atoms with Crippen LogP contribution in [0.1, 0.15) is 37.8 Å². The van der Waals surface area contributed by atoms with Crippen LogP contribution in [0.5, 0.6) is 0 Å². The molecule has 0 bridgehead atoms. The van der Waals surface area contributed by atoms with E-state index in [1.807, 2.05) is 24.3 Å². The summed E-state index contributed by atoms with van der Waals surface area (Å²) in [6.07, 6.45) is 2.89. The van der Waals surface area contributed by atoms with Crippen molar-refractivity contribution in [3.05, 3.63) is 70.3 Å². The molecule has 0 spiro atoms. The lowest BCUT2D eigenvalue weighted by Crippen LogP contribution is -2.11. The highest BCUT2D eigenvalue weighted by Crippen LogP contribution is 2.46. The molecule has 0 saturated carbocycles. The Morgan fingerprint density at radius 2 is 1.60 bits per heavy atom. The van der Waals surface area contributed by atoms with E-state index in [-0.39, 0.29) is 10.3 Å². The Kier molecular flexibility index (Phi) is 4.80. The third-order valence-corrected chi connectivity index (χ3v) is 5.82. The Morgan fingerprint density at radius 3 is 2.16 bits per heavy atom. The second kappa shape index (κ2) is 6.60. The van der Waals surface area contributed by atoms with Crippen LogP contribution in [0.15, 0.2) is 59.0 Å². The van der Waals surface area contributed by atoms with Crippen molar-refractivity contribution in [3.63, 3.8) is 0 Å². The first-order valence-electron chi connectivity index (χ1n) is 8.23. The molecule has 2 aromatic rings. The molecule has 2 aromatic carbocycles. The van der Waals surface area contributed by atoms with Gasteiger partial charge in [0.2, 0.25) is 10.0 Å². The number of benzene rings is 2. The summed E-state index contributed by atoms with van der Waals surface area (Å²) in [7, 11) is -3.66. The number of sulfonamides is 1. The molecule has 5 heteroatoms. The fourth-order valence-electron chi connectivity index (χ4n) is 3.52. The van der Waals surface area contributed by atoms with Crippen molar-refractivity contribution < 1.29 is 8.42 Å². The smallest absolute Gasteiger partial charge is 0.225 e. The first-order chi connectivity index (χ1) is 11.6. The van der Waals surface area contributed by atoms with Crippen molar-refractivity contribution in [1.29, 1.82) is 0 Å². The normalized spacial score (nSPS) is 17.1. The number of allylic oxidation sites excluding steroid dienone is 2. The molecule has 0 heterocycles. The van der Waals surface area contributed by atoms with E-state index < -0.39 is 10.0 Å². The predicted octanol–water partition coefficient (Wildman–Crippen LogP) is 4.80. The Labute approximate surface area is 154 Å². The molecule has 132 valence electrons. The monoisotopic (exact) mass is 375 g/mol. The van der Waals surface area contributed by atoms with Crippen LogP contribution in [0.4, 0.5) is 0 Å². The zero-order chi connectivity index (χ0) is 18.2. The van der Waals surface area contributed by atoms with Crippen LogP contribution < -0.4 is 5.14 Å². The van der Waals surface area contributed by atoms with Crippen LogP contribution in [0.2, 0.25) is 5.02 Å². The van der Waals surface area contributed by atoms with Gasteiger partial charge in [-0.2, -0.15) is 0 Å². The fraction of sp³-hybridized carbons (Fsp3) is 0.300. The third kappa shape index (κ3) is 4.32. The largest absolute Gasteiger partial charge is 0.238 e. The molecule has 3 rings (SSSR count). The average Bonchev–Trinajstić information content (AvgIpc) is 2.83. The van der Waals surface area contributed by atoms with Crippen molar-refractivity contribution in [2.24, 2.45) is 10.6 Å². The van der Waals surface area contributed by atoms with E-state index >= 15 is 0 Å². The Hall–Kier alpha value is -1.62. The minimum Gasteiger partial charge on any atom is -0.225 e. The number of rotatable bonds is 4. The van der Waals surface area contributed by atoms with Crippen molar-refractivity contribution in [1.82, 2.24) is 0 Å². The Morgan fingerprint density at radius 1 is 1.00 bits per heavy atom. The molecule has 0 unspecified atom stereocenters. The minimum absolute atomic E-state index is 0.147. The molecule has 0 fully saturated rings. The number of hydrogen-bond donors (Lipinski definition) is 1. The van der Waals surface area contributed by atoms with Crippen LogP contribution in [0.3, 0.4) is 0 Å². The van der Waals surface area contributed by atoms with E-state index in [9.17, 15) is 8.42 Å². The highest BCUT2D eigenvalue weighted by Gasteiger charge is 2.31. The summed E-state index contributed by atoms with van der Waals surface area (Å²) < 4.78 is 22.9. The molecule has 1 aliphatic rings. The molecule has 0 saturated heterocycles. The van der Waals surface area contributed by atoms with Crippen LogP contribution in [0.25, 0.3) is 5.57 Å². The van der Waals surface area contributed by atoms with Gasteiger partial charge >= 0.3 is 0 Å². The summed E-state index contributed by atoms with van der Waals surface area (Å²) in [6, 6.07) is 14.8. The number of hydrogen-bond acceptors (Lipinski definition) is 2. The van der Waals surface area contributed by atoms with Gasteiger partial charge in [0.25, 0.3) is 0 Å². The lowest BCUT2D eigenvalue weighted by atomic mass is 9.88. The standard InChI is InChI=1S/C20H22ClNO2S/c1-20(2)12-16(11-14-3-7-17(21)8-4-14)19(13-20)15-5-9-18(10-6-15)25(22,23)24/h3-10H,11-13H2,1-2H3,(H2,22,23,24). The highest BCUT2D eigenvalue weighted by molar-refractivity contribution is 7.89. The van der Waals surface area contributed by atoms with Crippen molar-refractivity contribution in [2.75, 3.05) is 0 Å². The molecule has 0 aromatic heterocycles. The van der Waals surface area contributed by atoms with Gasteiger partial charge in [0.1, 0.15) is 0 Å². The molecule has 0 radical (unpaired) electrons. The zero-order valence-corrected chi connectivity index (χ0v) is 16.0. The van der Waals surface area contributed by atoms with Gasteiger partial charge in [-0.3, -0.25) is 0 Å². The van der Waals surface area contributed by atoms with Crippen molar-refractivity contribution >= 4 is 27.2 Å². The maximum Gasteiger partial charge on any atom is 0.238 e. The van der Waals surface area contributed by atoms with E-state index in [2.05, 4.69) is 26.0 Å². The molecular weight excluding hydrogens is 354 g/mol. The van der Waals surface area contributed by atoms with Gasteiger partial charge in [0.05, 0.1) is 4.90 Å². The molecule has 25 heavy (non-hydrogen) atoms. The quantitative estimate of drug-likeness (QED) is 0.833. The first kappa shape index (κ1) is 18.2. The number of primary sulfonamides is 1. The molecule has 0 amide bonds. The Bertz CT molecular complexity index is 911. The van der Waals surface area contributed by atoms with Crippen molar-refractivity contribution in [2.45, 2.75) is 38.0 Å². The second-order valence-electron chi connectivity index (χ2n) is 7.47. The van der Waals surface area contributed by atoms with Crippen molar-refractivity contribution in [3.8, 4) is 0 Å². The van der Waals surface area contributed by atoms with Crippen LogP contribution in [0, 0.1) is 5.41 Å². The SMILES string of the molecule is CC1(C)CC(Cc2ccc(Cl)cc2)=C(c2ccc(S(N)(=O)=O)cc2)C1. The highest BCUT2D eigenvalue weighted by atomic mass is 35.5. The molecule has 1 aliphatic carbocycles. The van der Waals surface area contributed by atoms with E-state index in [0.29, 0.717) is 0 Å². The predicted molar refractivity (Wildman–Crippen MR) is 103 cm³/mol. The Balaban J connectivity index is 1.95. The van der Waals surface area contributed by atoms with Gasteiger partial charge in [-0.1, -0.05) is 55.3 Å². The van der Waals surface area contributed by atoms with Crippen LogP contribution in [-0.4, -0.2) is 8.42 Å². The summed E-state index contributed by atoms with van der Waals surface area (Å²) in [6.45, 7) is 4.53. The minimum atomic E-state index is -3.66. The van der Waals surface area contributed by atoms with Gasteiger partial charge in [0, 0.05) is 5.02 Å². The number of nitrogens with two attached hydrogens (primary N) is 1. The van der Waals surface area contributed by atoms with Crippen LogP contribution >= 0.6 is 11.6 Å². The summed E-state index contributed by atoms with van der Waals surface area (Å²) >= 11 is 5.98. The zero-order valence-electron chi connectivity index (χ0n) is 14.4. The summed E-state index contributed by atoms with van der Waals surface area (Å²) in [4.78, 5) is 0.147. The van der Waals surface area contributed by atoms with E-state index in [4.69, 9.17) is 16.7 Å². The summed E-state index contributed by atoms with van der Waals surface area (Å²) in [5.41, 5.74) is 5.21. The second-order valence-corrected chi connectivity index (χ2v) is 9.47. The lowest BCUT2D eigenvalue weighted by Gasteiger charge is -2.17. The summed E-state index contributed by atoms with van der Waals surface area (Å²) in [5.74, 6) is 0. The molecular formula is C20H22ClNO2S. The molecule has 3 nitrogen and oxygen atoms in total. The topological polar surface area (TPSA) is 60.2 Å². The fourth-order valence-corrected chi connectivity index (χ4v) is 4.16.